The molecule has 0 aliphatic rings. The Hall–Kier alpha value is -2.42. The molecular weight excluding hydrogens is 415 g/mol. The summed E-state index contributed by atoms with van der Waals surface area (Å²) in [7, 11) is 1.49. The average molecular weight is 430 g/mol. The molecule has 0 saturated heterocycles. The smallest absolute Gasteiger partial charge is 0.416 e. The number of halogens is 4. The Bertz CT molecular complexity index is 825. The van der Waals surface area contributed by atoms with Crippen LogP contribution in [0.1, 0.15) is 22.8 Å². The maximum Gasteiger partial charge on any atom is 0.416 e. The van der Waals surface area contributed by atoms with E-state index >= 15 is 0 Å². The van der Waals surface area contributed by atoms with E-state index in [0.717, 1.165) is 12.1 Å². The fraction of sp³-hybridized carbons (Fsp3) is 0.235. The van der Waals surface area contributed by atoms with Gasteiger partial charge in [0.05, 0.1) is 23.4 Å². The number of alkyl halides is 3. The summed E-state index contributed by atoms with van der Waals surface area (Å²) in [5.41, 5.74) is 0.237. The quantitative estimate of drug-likeness (QED) is 0.343. The normalized spacial score (nSPS) is 11.6. The van der Waals surface area contributed by atoms with Gasteiger partial charge in [-0.2, -0.15) is 13.2 Å². The molecule has 26 heavy (non-hydrogen) atoms. The number of anilines is 1. The predicted octanol–water partition coefficient (Wildman–Crippen LogP) is 5.78. The van der Waals surface area contributed by atoms with Crippen LogP contribution in [0.3, 0.4) is 0 Å². The van der Waals surface area contributed by atoms with Crippen molar-refractivity contribution < 1.29 is 22.7 Å². The number of hydrogen-bond acceptors (Lipinski definition) is 4. The molecule has 0 amide bonds. The molecule has 0 fully saturated rings. The SMILES string of the molecule is CCOC(=O)c1ccc(N=NN(C)c2cccc(C(F)(F)F)c2)c(Br)c1. The van der Waals surface area contributed by atoms with Crippen molar-refractivity contribution in [3.63, 3.8) is 0 Å². The van der Waals surface area contributed by atoms with Crippen LogP contribution in [0.2, 0.25) is 0 Å². The largest absolute Gasteiger partial charge is 0.462 e. The van der Waals surface area contributed by atoms with Crippen molar-refractivity contribution in [2.45, 2.75) is 13.1 Å². The van der Waals surface area contributed by atoms with E-state index in [1.807, 2.05) is 0 Å². The number of rotatable bonds is 5. The van der Waals surface area contributed by atoms with Crippen molar-refractivity contribution in [2.24, 2.45) is 10.3 Å². The van der Waals surface area contributed by atoms with Gasteiger partial charge in [-0.3, -0.25) is 0 Å². The highest BCUT2D eigenvalue weighted by atomic mass is 79.9. The lowest BCUT2D eigenvalue weighted by Crippen LogP contribution is -2.10. The summed E-state index contributed by atoms with van der Waals surface area (Å²) >= 11 is 3.28. The first-order valence-corrected chi connectivity index (χ1v) is 8.31. The van der Waals surface area contributed by atoms with Gasteiger partial charge in [0.1, 0.15) is 5.69 Å². The minimum absolute atomic E-state index is 0.239. The molecule has 2 aromatic rings. The third kappa shape index (κ3) is 5.04. The van der Waals surface area contributed by atoms with E-state index in [-0.39, 0.29) is 12.3 Å². The Morgan fingerprint density at radius 2 is 1.96 bits per heavy atom. The summed E-state index contributed by atoms with van der Waals surface area (Å²) in [6.45, 7) is 1.97. The molecule has 0 bridgehead atoms. The van der Waals surface area contributed by atoms with Crippen LogP contribution in [0.15, 0.2) is 57.3 Å². The summed E-state index contributed by atoms with van der Waals surface area (Å²) in [5.74, 6) is -0.460. The lowest BCUT2D eigenvalue weighted by Gasteiger charge is -2.14. The van der Waals surface area contributed by atoms with Gasteiger partial charge < -0.3 is 4.74 Å². The van der Waals surface area contributed by atoms with E-state index in [1.54, 1.807) is 13.0 Å². The van der Waals surface area contributed by atoms with E-state index < -0.39 is 17.7 Å². The third-order valence-electron chi connectivity index (χ3n) is 3.29. The molecule has 0 heterocycles. The second kappa shape index (κ2) is 8.31. The summed E-state index contributed by atoms with van der Waals surface area (Å²) < 4.78 is 43.7. The number of benzene rings is 2. The van der Waals surface area contributed by atoms with Crippen LogP contribution in [0.4, 0.5) is 24.5 Å². The molecule has 0 saturated carbocycles. The van der Waals surface area contributed by atoms with Gasteiger partial charge in [0.2, 0.25) is 0 Å². The lowest BCUT2D eigenvalue weighted by molar-refractivity contribution is -0.137. The van der Waals surface area contributed by atoms with Crippen LogP contribution in [0.25, 0.3) is 0 Å². The van der Waals surface area contributed by atoms with Crippen LogP contribution in [-0.2, 0) is 10.9 Å². The van der Waals surface area contributed by atoms with Gasteiger partial charge in [0.15, 0.2) is 0 Å². The Labute approximate surface area is 156 Å². The van der Waals surface area contributed by atoms with Crippen molar-refractivity contribution in [1.82, 2.24) is 0 Å². The van der Waals surface area contributed by atoms with Crippen LogP contribution in [-0.4, -0.2) is 19.6 Å². The Kier molecular flexibility index (Phi) is 6.36. The maximum absolute atomic E-state index is 12.8. The molecule has 0 spiro atoms. The Morgan fingerprint density at radius 1 is 1.23 bits per heavy atom. The number of carbonyl (C=O) groups excluding carboxylic acids is 1. The van der Waals surface area contributed by atoms with Crippen molar-refractivity contribution in [2.75, 3.05) is 18.7 Å². The van der Waals surface area contributed by atoms with Gasteiger partial charge in [0.25, 0.3) is 0 Å². The van der Waals surface area contributed by atoms with Crippen molar-refractivity contribution >= 4 is 33.3 Å². The number of nitrogens with zero attached hydrogens (tertiary/aromatic N) is 3. The van der Waals surface area contributed by atoms with E-state index in [0.29, 0.717) is 15.7 Å². The number of ether oxygens (including phenoxy) is 1. The summed E-state index contributed by atoms with van der Waals surface area (Å²) in [6.07, 6.45) is -4.43. The zero-order valence-electron chi connectivity index (χ0n) is 13.9. The standard InChI is InChI=1S/C17H15BrF3N3O2/c1-3-26-16(25)11-7-8-15(14(18)9-11)22-23-24(2)13-6-4-5-12(10-13)17(19,20)21/h4-10H,3H2,1-2H3. The summed E-state index contributed by atoms with van der Waals surface area (Å²) in [4.78, 5) is 11.7. The molecule has 0 radical (unpaired) electrons. The highest BCUT2D eigenvalue weighted by Gasteiger charge is 2.30. The monoisotopic (exact) mass is 429 g/mol. The van der Waals surface area contributed by atoms with Gasteiger partial charge in [-0.05, 0) is 59.3 Å². The van der Waals surface area contributed by atoms with E-state index in [9.17, 15) is 18.0 Å². The second-order valence-electron chi connectivity index (χ2n) is 5.15. The van der Waals surface area contributed by atoms with Crippen LogP contribution < -0.4 is 5.01 Å². The molecule has 0 aliphatic carbocycles. The lowest BCUT2D eigenvalue weighted by atomic mass is 10.2. The molecule has 2 rings (SSSR count). The molecule has 0 N–H and O–H groups in total. The summed E-state index contributed by atoms with van der Waals surface area (Å²) in [6, 6.07) is 9.39. The topological polar surface area (TPSA) is 54.3 Å². The average Bonchev–Trinajstić information content (AvgIpc) is 2.60. The second-order valence-corrected chi connectivity index (χ2v) is 6.00. The van der Waals surface area contributed by atoms with Crippen LogP contribution >= 0.6 is 15.9 Å². The van der Waals surface area contributed by atoms with Crippen molar-refractivity contribution in [3.05, 3.63) is 58.1 Å². The first kappa shape index (κ1) is 19.9. The fourth-order valence-corrected chi connectivity index (χ4v) is 2.44. The van der Waals surface area contributed by atoms with Gasteiger partial charge in [0, 0.05) is 11.5 Å². The third-order valence-corrected chi connectivity index (χ3v) is 3.93. The molecule has 9 heteroatoms. The number of carbonyl (C=O) groups is 1. The van der Waals surface area contributed by atoms with Crippen molar-refractivity contribution in [3.8, 4) is 0 Å². The van der Waals surface area contributed by atoms with Gasteiger partial charge >= 0.3 is 12.1 Å². The van der Waals surface area contributed by atoms with Crippen LogP contribution in [0.5, 0.6) is 0 Å². The minimum atomic E-state index is -4.43. The van der Waals surface area contributed by atoms with E-state index in [4.69, 9.17) is 4.74 Å². The first-order valence-electron chi connectivity index (χ1n) is 7.51. The zero-order valence-corrected chi connectivity index (χ0v) is 15.5. The maximum atomic E-state index is 12.8. The number of esters is 1. The van der Waals surface area contributed by atoms with Crippen LogP contribution in [0, 0.1) is 0 Å². The highest BCUT2D eigenvalue weighted by molar-refractivity contribution is 9.10. The Morgan fingerprint density at radius 3 is 2.58 bits per heavy atom. The highest BCUT2D eigenvalue weighted by Crippen LogP contribution is 2.32. The number of hydrogen-bond donors (Lipinski definition) is 0. The fourth-order valence-electron chi connectivity index (χ4n) is 1.98. The summed E-state index contributed by atoms with van der Waals surface area (Å²) in [5, 5.41) is 9.12. The predicted molar refractivity (Wildman–Crippen MR) is 94.5 cm³/mol. The molecule has 138 valence electrons. The van der Waals surface area contributed by atoms with E-state index in [2.05, 4.69) is 26.3 Å². The van der Waals surface area contributed by atoms with Gasteiger partial charge in [-0.1, -0.05) is 11.3 Å². The Balaban J connectivity index is 2.18. The minimum Gasteiger partial charge on any atom is -0.462 e. The molecule has 0 aromatic heterocycles. The molecular formula is C17H15BrF3N3O2. The zero-order chi connectivity index (χ0) is 19.3. The van der Waals surface area contributed by atoms with Gasteiger partial charge in [-0.25, -0.2) is 9.80 Å². The molecule has 0 aliphatic heterocycles. The molecule has 2 aromatic carbocycles. The molecule has 5 nitrogen and oxygen atoms in total. The molecule has 0 unspecified atom stereocenters. The molecule has 0 atom stereocenters. The van der Waals surface area contributed by atoms with Gasteiger partial charge in [-0.15, -0.1) is 5.11 Å². The first-order chi connectivity index (χ1) is 12.2. The van der Waals surface area contributed by atoms with E-state index in [1.165, 1.54) is 36.3 Å². The van der Waals surface area contributed by atoms with Crippen molar-refractivity contribution in [1.29, 1.82) is 0 Å².